The monoisotopic (exact) mass is 345 g/mol. The molecule has 0 unspecified atom stereocenters. The van der Waals surface area contributed by atoms with Gasteiger partial charge in [-0.05, 0) is 41.9 Å². The molecule has 0 atom stereocenters. The van der Waals surface area contributed by atoms with Crippen molar-refractivity contribution in [2.45, 2.75) is 31.2 Å². The molecule has 0 N–H and O–H groups in total. The number of thioether (sulfide) groups is 1. The van der Waals surface area contributed by atoms with Gasteiger partial charge in [0.05, 0.1) is 25.9 Å². The van der Waals surface area contributed by atoms with Crippen molar-refractivity contribution in [3.05, 3.63) is 39.2 Å². The van der Waals surface area contributed by atoms with Gasteiger partial charge in [0.2, 0.25) is 0 Å². The third-order valence-corrected chi connectivity index (χ3v) is 4.72. The van der Waals surface area contributed by atoms with Gasteiger partial charge in [-0.3, -0.25) is 4.68 Å². The van der Waals surface area contributed by atoms with Gasteiger partial charge in [0.1, 0.15) is 0 Å². The van der Waals surface area contributed by atoms with Crippen LogP contribution in [0.25, 0.3) is 0 Å². The Kier molecular flexibility index (Phi) is 4.70. The number of hydrogen-bond donors (Lipinski definition) is 0. The molecule has 96 valence electrons. The van der Waals surface area contributed by atoms with Crippen LogP contribution in [0.2, 0.25) is 5.02 Å². The summed E-state index contributed by atoms with van der Waals surface area (Å²) in [5.74, 6) is 0.837. The molecule has 0 amide bonds. The van der Waals surface area contributed by atoms with E-state index in [0.29, 0.717) is 5.02 Å². The molecule has 0 saturated heterocycles. The number of rotatable bonds is 4. The molecule has 0 fully saturated rings. The van der Waals surface area contributed by atoms with E-state index in [-0.39, 0.29) is 0 Å². The Labute approximate surface area is 124 Å². The summed E-state index contributed by atoms with van der Waals surface area (Å²) in [5, 5.41) is 6.10. The topological polar surface area (TPSA) is 30.7 Å². The molecule has 2 aromatic rings. The second-order valence-corrected chi connectivity index (χ2v) is 5.99. The number of halogens is 2. The lowest BCUT2D eigenvalue weighted by Gasteiger charge is -2.05. The first-order valence-electron chi connectivity index (χ1n) is 5.58. The number of aryl methyl sites for hydroxylation is 2. The van der Waals surface area contributed by atoms with Gasteiger partial charge >= 0.3 is 0 Å². The van der Waals surface area contributed by atoms with E-state index >= 15 is 0 Å². The van der Waals surface area contributed by atoms with E-state index in [0.717, 1.165) is 27.5 Å². The minimum Gasteiger partial charge on any atom is -0.268 e. The summed E-state index contributed by atoms with van der Waals surface area (Å²) in [6, 6.07) is 3.79. The molecule has 18 heavy (non-hydrogen) atoms. The molecule has 0 radical (unpaired) electrons. The van der Waals surface area contributed by atoms with Crippen LogP contribution in [0, 0.1) is 6.92 Å². The minimum absolute atomic E-state index is 0.662. The Hall–Kier alpha value is -0.520. The number of pyridine rings is 1. The second-order valence-electron chi connectivity index (χ2n) is 3.77. The molecule has 6 heteroatoms. The van der Waals surface area contributed by atoms with Gasteiger partial charge in [-0.1, -0.05) is 11.6 Å². The molecule has 2 heterocycles. The lowest BCUT2D eigenvalue weighted by atomic mass is 10.4. The summed E-state index contributed by atoms with van der Waals surface area (Å²) >= 11 is 11.1. The highest BCUT2D eigenvalue weighted by molar-refractivity contribution is 9.10. The Balaban J connectivity index is 2.12. The average molecular weight is 347 g/mol. The van der Waals surface area contributed by atoms with E-state index in [1.807, 2.05) is 23.7 Å². The normalized spacial score (nSPS) is 10.9. The third-order valence-electron chi connectivity index (χ3n) is 2.51. The van der Waals surface area contributed by atoms with Crippen LogP contribution in [0.4, 0.5) is 0 Å². The van der Waals surface area contributed by atoms with Gasteiger partial charge in [-0.2, -0.15) is 5.10 Å². The van der Waals surface area contributed by atoms with Gasteiger partial charge in [0.15, 0.2) is 0 Å². The maximum absolute atomic E-state index is 5.81. The lowest BCUT2D eigenvalue weighted by Crippen LogP contribution is -2.01. The fraction of sp³-hybridized carbons (Fsp3) is 0.333. The average Bonchev–Trinajstić information content (AvgIpc) is 2.65. The molecule has 0 aromatic carbocycles. The summed E-state index contributed by atoms with van der Waals surface area (Å²) in [7, 11) is 0. The molecular formula is C12H13BrClN3S. The Morgan fingerprint density at radius 1 is 1.44 bits per heavy atom. The van der Waals surface area contributed by atoms with Crippen LogP contribution in [0.1, 0.15) is 18.3 Å². The van der Waals surface area contributed by atoms with Crippen molar-refractivity contribution in [2.75, 3.05) is 0 Å². The van der Waals surface area contributed by atoms with Crippen LogP contribution >= 0.6 is 39.3 Å². The first-order valence-corrected chi connectivity index (χ1v) is 7.73. The third kappa shape index (κ3) is 3.08. The van der Waals surface area contributed by atoms with Crippen LogP contribution < -0.4 is 0 Å². The summed E-state index contributed by atoms with van der Waals surface area (Å²) in [4.78, 5) is 4.27. The van der Waals surface area contributed by atoms with Crippen molar-refractivity contribution >= 4 is 39.3 Å². The van der Waals surface area contributed by atoms with Crippen LogP contribution in [-0.2, 0) is 12.3 Å². The van der Waals surface area contributed by atoms with E-state index < -0.39 is 0 Å². The van der Waals surface area contributed by atoms with Crippen molar-refractivity contribution in [3.63, 3.8) is 0 Å². The predicted molar refractivity (Wildman–Crippen MR) is 79.1 cm³/mol. The quantitative estimate of drug-likeness (QED) is 0.773. The summed E-state index contributed by atoms with van der Waals surface area (Å²) in [6.45, 7) is 4.97. The summed E-state index contributed by atoms with van der Waals surface area (Å²) in [5.41, 5.74) is 2.22. The van der Waals surface area contributed by atoms with E-state index in [2.05, 4.69) is 32.9 Å². The lowest BCUT2D eigenvalue weighted by molar-refractivity contribution is 0.631. The zero-order chi connectivity index (χ0) is 13.1. The zero-order valence-electron chi connectivity index (χ0n) is 10.2. The first-order chi connectivity index (χ1) is 8.61. The van der Waals surface area contributed by atoms with E-state index in [1.54, 1.807) is 18.0 Å². The maximum atomic E-state index is 5.81. The Morgan fingerprint density at radius 2 is 2.22 bits per heavy atom. The summed E-state index contributed by atoms with van der Waals surface area (Å²) < 4.78 is 3.10. The van der Waals surface area contributed by atoms with Gasteiger partial charge in [-0.25, -0.2) is 4.98 Å². The molecule has 0 aliphatic rings. The molecule has 2 aromatic heterocycles. The second kappa shape index (κ2) is 6.08. The van der Waals surface area contributed by atoms with Gasteiger partial charge < -0.3 is 0 Å². The van der Waals surface area contributed by atoms with E-state index in [4.69, 9.17) is 11.6 Å². The highest BCUT2D eigenvalue weighted by Crippen LogP contribution is 2.28. The molecule has 0 aliphatic carbocycles. The minimum atomic E-state index is 0.662. The Morgan fingerprint density at radius 3 is 2.83 bits per heavy atom. The van der Waals surface area contributed by atoms with Crippen LogP contribution in [-0.4, -0.2) is 14.8 Å². The molecule has 2 rings (SSSR count). The SMILES string of the molecule is CCn1nc(C)c(Br)c1CSc1ccc(Cl)cn1. The van der Waals surface area contributed by atoms with E-state index in [1.165, 1.54) is 5.69 Å². The molecule has 3 nitrogen and oxygen atoms in total. The number of aromatic nitrogens is 3. The van der Waals surface area contributed by atoms with Gasteiger partial charge in [0.25, 0.3) is 0 Å². The van der Waals surface area contributed by atoms with Gasteiger partial charge in [0, 0.05) is 18.5 Å². The molecular weight excluding hydrogens is 334 g/mol. The standard InChI is InChI=1S/C12H13BrClN3S/c1-3-17-10(12(13)8(2)16-17)7-18-11-5-4-9(14)6-15-11/h4-6H,3,7H2,1-2H3. The molecule has 0 saturated carbocycles. The number of hydrogen-bond acceptors (Lipinski definition) is 3. The molecule has 0 aliphatic heterocycles. The highest BCUT2D eigenvalue weighted by atomic mass is 79.9. The van der Waals surface area contributed by atoms with Gasteiger partial charge in [-0.15, -0.1) is 11.8 Å². The number of nitrogens with zero attached hydrogens (tertiary/aromatic N) is 3. The molecule has 0 spiro atoms. The van der Waals surface area contributed by atoms with Crippen molar-refractivity contribution in [3.8, 4) is 0 Å². The fourth-order valence-electron chi connectivity index (χ4n) is 1.60. The van der Waals surface area contributed by atoms with Crippen LogP contribution in [0.5, 0.6) is 0 Å². The zero-order valence-corrected chi connectivity index (χ0v) is 13.3. The largest absolute Gasteiger partial charge is 0.268 e. The van der Waals surface area contributed by atoms with Crippen molar-refractivity contribution in [1.29, 1.82) is 0 Å². The smallest absolute Gasteiger partial charge is 0.0964 e. The predicted octanol–water partition coefficient (Wildman–Crippen LogP) is 4.31. The van der Waals surface area contributed by atoms with E-state index in [9.17, 15) is 0 Å². The Bertz CT molecular complexity index is 539. The van der Waals surface area contributed by atoms with Crippen LogP contribution in [0.15, 0.2) is 27.8 Å². The van der Waals surface area contributed by atoms with Crippen molar-refractivity contribution in [2.24, 2.45) is 0 Å². The maximum Gasteiger partial charge on any atom is 0.0964 e. The fourth-order valence-corrected chi connectivity index (χ4v) is 3.19. The first kappa shape index (κ1) is 13.9. The van der Waals surface area contributed by atoms with Crippen LogP contribution in [0.3, 0.4) is 0 Å². The van der Waals surface area contributed by atoms with Crippen molar-refractivity contribution in [1.82, 2.24) is 14.8 Å². The molecule has 0 bridgehead atoms. The highest BCUT2D eigenvalue weighted by Gasteiger charge is 2.12. The summed E-state index contributed by atoms with van der Waals surface area (Å²) in [6.07, 6.45) is 1.67. The van der Waals surface area contributed by atoms with Crippen molar-refractivity contribution < 1.29 is 0 Å².